The van der Waals surface area contributed by atoms with Crippen LogP contribution < -0.4 is 10.4 Å². The molecule has 1 aromatic heterocycles. The highest BCUT2D eigenvalue weighted by Crippen LogP contribution is 2.28. The number of nitrogens with zero attached hydrogens (tertiary/aromatic N) is 1. The van der Waals surface area contributed by atoms with Crippen molar-refractivity contribution in [2.75, 3.05) is 33.4 Å². The first-order valence-electron chi connectivity index (χ1n) is 10.1. The van der Waals surface area contributed by atoms with E-state index in [0.29, 0.717) is 5.39 Å². The molecule has 2 aliphatic rings. The summed E-state index contributed by atoms with van der Waals surface area (Å²) in [5.74, 6) is 0.162. The zero-order valence-electron chi connectivity index (χ0n) is 17.4. The van der Waals surface area contributed by atoms with Gasteiger partial charge in [-0.05, 0) is 31.7 Å². The highest BCUT2D eigenvalue weighted by atomic mass is 16.5. The van der Waals surface area contributed by atoms with Crippen molar-refractivity contribution in [2.24, 2.45) is 0 Å². The van der Waals surface area contributed by atoms with E-state index in [0.717, 1.165) is 31.9 Å². The van der Waals surface area contributed by atoms with Crippen molar-refractivity contribution in [3.63, 3.8) is 0 Å². The molecule has 2 heterocycles. The van der Waals surface area contributed by atoms with Gasteiger partial charge in [-0.3, -0.25) is 0 Å². The quantitative estimate of drug-likeness (QED) is 0.354. The molecule has 2 fully saturated rings. The lowest BCUT2D eigenvalue weighted by Crippen LogP contribution is -2.65. The molecule has 1 saturated carbocycles. The van der Waals surface area contributed by atoms with Gasteiger partial charge in [0.2, 0.25) is 0 Å². The Morgan fingerprint density at radius 2 is 1.52 bits per heavy atom. The van der Waals surface area contributed by atoms with Crippen LogP contribution in [0.2, 0.25) is 0 Å². The van der Waals surface area contributed by atoms with Gasteiger partial charge in [0.25, 0.3) is 0 Å². The number of benzene rings is 1. The number of aliphatic hydroxyl groups excluding tert-OH is 5. The Hall–Kier alpha value is -2.05. The molecule has 0 radical (unpaired) electrons. The number of hydrogen-bond donors (Lipinski definition) is 5. The standard InChI is InChI=1S/C16H18O8.C5H11NO/c1-6-4-10(17)24-9-5-7(2-3-8(6)9)23-16-14(21)12(19)11(18)13(20)15(16)22;1-6-2-4-7-5-3-6/h2-5,11-16,18-22H,1H3;2-5H2,1H3. The Morgan fingerprint density at radius 1 is 0.935 bits per heavy atom. The molecule has 10 nitrogen and oxygen atoms in total. The molecule has 1 saturated heterocycles. The zero-order valence-corrected chi connectivity index (χ0v) is 17.4. The molecule has 5 N–H and O–H groups in total. The molecule has 4 rings (SSSR count). The summed E-state index contributed by atoms with van der Waals surface area (Å²) in [5.41, 5.74) is 0.460. The van der Waals surface area contributed by atoms with Gasteiger partial charge in [0.15, 0.2) is 6.10 Å². The number of aryl methyl sites for hydroxylation is 1. The lowest BCUT2D eigenvalue weighted by Gasteiger charge is -2.41. The van der Waals surface area contributed by atoms with Crippen LogP contribution in [0.1, 0.15) is 5.56 Å². The minimum Gasteiger partial charge on any atom is -0.485 e. The summed E-state index contributed by atoms with van der Waals surface area (Å²) in [6.45, 7) is 5.77. The highest BCUT2D eigenvalue weighted by Gasteiger charge is 2.49. The van der Waals surface area contributed by atoms with Crippen molar-refractivity contribution in [3.8, 4) is 5.75 Å². The second kappa shape index (κ2) is 10.0. The van der Waals surface area contributed by atoms with E-state index >= 15 is 0 Å². The van der Waals surface area contributed by atoms with Gasteiger partial charge in [0, 0.05) is 30.6 Å². The lowest BCUT2D eigenvalue weighted by atomic mass is 9.85. The van der Waals surface area contributed by atoms with Crippen LogP contribution in [0.25, 0.3) is 11.0 Å². The van der Waals surface area contributed by atoms with Crippen molar-refractivity contribution in [1.82, 2.24) is 4.90 Å². The maximum atomic E-state index is 11.5. The molecule has 10 heteroatoms. The third-order valence-corrected chi connectivity index (χ3v) is 5.50. The Morgan fingerprint density at radius 3 is 2.06 bits per heavy atom. The Bertz CT molecular complexity index is 911. The number of aliphatic hydroxyl groups is 5. The van der Waals surface area contributed by atoms with Gasteiger partial charge in [-0.15, -0.1) is 0 Å². The second-order valence-electron chi connectivity index (χ2n) is 7.86. The van der Waals surface area contributed by atoms with Crippen LogP contribution in [0, 0.1) is 6.92 Å². The molecule has 4 atom stereocenters. The molecule has 0 bridgehead atoms. The maximum absolute atomic E-state index is 11.5. The smallest absolute Gasteiger partial charge is 0.336 e. The van der Waals surface area contributed by atoms with E-state index < -0.39 is 42.2 Å². The van der Waals surface area contributed by atoms with Gasteiger partial charge >= 0.3 is 5.63 Å². The van der Waals surface area contributed by atoms with Crippen LogP contribution in [0.5, 0.6) is 5.75 Å². The molecule has 1 aliphatic carbocycles. The Balaban J connectivity index is 0.000000330. The van der Waals surface area contributed by atoms with Gasteiger partial charge in [-0.25, -0.2) is 4.79 Å². The fourth-order valence-corrected chi connectivity index (χ4v) is 3.53. The molecule has 1 aromatic carbocycles. The minimum atomic E-state index is -1.69. The summed E-state index contributed by atoms with van der Waals surface area (Å²) >= 11 is 0. The van der Waals surface area contributed by atoms with Crippen LogP contribution in [0.4, 0.5) is 0 Å². The van der Waals surface area contributed by atoms with Crippen molar-refractivity contribution in [2.45, 2.75) is 43.5 Å². The number of likely N-dealkylation sites (N-methyl/N-ethyl adjacent to an activating group) is 1. The fraction of sp³-hybridized carbons (Fsp3) is 0.571. The number of morpholine rings is 1. The molecule has 31 heavy (non-hydrogen) atoms. The molecule has 4 unspecified atom stereocenters. The summed E-state index contributed by atoms with van der Waals surface area (Å²) in [7, 11) is 2.11. The van der Waals surface area contributed by atoms with Crippen LogP contribution in [-0.2, 0) is 4.74 Å². The summed E-state index contributed by atoms with van der Waals surface area (Å²) < 4.78 is 15.6. The van der Waals surface area contributed by atoms with E-state index in [1.54, 1.807) is 19.1 Å². The van der Waals surface area contributed by atoms with Crippen LogP contribution in [0.3, 0.4) is 0 Å². The van der Waals surface area contributed by atoms with Crippen LogP contribution in [0.15, 0.2) is 33.5 Å². The molecule has 172 valence electrons. The van der Waals surface area contributed by atoms with Crippen molar-refractivity contribution < 1.29 is 39.4 Å². The Kier molecular flexibility index (Phi) is 7.65. The van der Waals surface area contributed by atoms with Gasteiger partial charge in [-0.2, -0.15) is 0 Å². The van der Waals surface area contributed by atoms with Crippen molar-refractivity contribution in [3.05, 3.63) is 40.2 Å². The number of fused-ring (bicyclic) bond motifs is 1. The van der Waals surface area contributed by atoms with Gasteiger partial charge < -0.3 is 44.3 Å². The van der Waals surface area contributed by atoms with Gasteiger partial charge in [0.1, 0.15) is 41.9 Å². The van der Waals surface area contributed by atoms with Gasteiger partial charge in [-0.1, -0.05) is 0 Å². The summed E-state index contributed by atoms with van der Waals surface area (Å²) in [6, 6.07) is 5.95. The fourth-order valence-electron chi connectivity index (χ4n) is 3.53. The first-order valence-corrected chi connectivity index (χ1v) is 10.1. The minimum absolute atomic E-state index is 0.162. The van der Waals surface area contributed by atoms with Crippen LogP contribution >= 0.6 is 0 Å². The van der Waals surface area contributed by atoms with Crippen molar-refractivity contribution >= 4 is 11.0 Å². The van der Waals surface area contributed by atoms with Crippen molar-refractivity contribution in [1.29, 1.82) is 0 Å². The molecular weight excluding hydrogens is 410 g/mol. The largest absolute Gasteiger partial charge is 0.485 e. The molecule has 0 spiro atoms. The second-order valence-corrected chi connectivity index (χ2v) is 7.86. The monoisotopic (exact) mass is 439 g/mol. The highest BCUT2D eigenvalue weighted by molar-refractivity contribution is 5.81. The summed E-state index contributed by atoms with van der Waals surface area (Å²) in [6.07, 6.45) is -9.63. The van der Waals surface area contributed by atoms with Crippen LogP contribution in [-0.4, -0.2) is 100 Å². The molecule has 2 aromatic rings. The first-order chi connectivity index (χ1) is 14.7. The van der Waals surface area contributed by atoms with E-state index in [4.69, 9.17) is 13.9 Å². The summed E-state index contributed by atoms with van der Waals surface area (Å²) in [4.78, 5) is 13.7. The molecular formula is C21H29NO9. The molecule has 1 aliphatic heterocycles. The predicted octanol–water partition coefficient (Wildman–Crippen LogP) is -1.38. The molecule has 0 amide bonds. The number of hydrogen-bond acceptors (Lipinski definition) is 10. The summed E-state index contributed by atoms with van der Waals surface area (Å²) in [5, 5.41) is 49.6. The maximum Gasteiger partial charge on any atom is 0.336 e. The average molecular weight is 439 g/mol. The van der Waals surface area contributed by atoms with E-state index in [9.17, 15) is 30.3 Å². The topological polar surface area (TPSA) is 153 Å². The predicted molar refractivity (Wildman–Crippen MR) is 110 cm³/mol. The number of ether oxygens (including phenoxy) is 2. The average Bonchev–Trinajstić information content (AvgIpc) is 2.74. The van der Waals surface area contributed by atoms with E-state index in [1.807, 2.05) is 0 Å². The zero-order chi connectivity index (χ0) is 22.7. The number of rotatable bonds is 2. The van der Waals surface area contributed by atoms with E-state index in [2.05, 4.69) is 11.9 Å². The SMILES string of the molecule is CN1CCOCC1.Cc1cc(=O)oc2cc(OC3C(O)C(O)C(O)C(O)C3O)ccc12. The lowest BCUT2D eigenvalue weighted by molar-refractivity contribution is -0.216. The third-order valence-electron chi connectivity index (χ3n) is 5.50. The first kappa shape index (κ1) is 23.6. The Labute approximate surface area is 178 Å². The van der Waals surface area contributed by atoms with E-state index in [1.165, 1.54) is 12.1 Å². The van der Waals surface area contributed by atoms with Gasteiger partial charge in [0.05, 0.1) is 13.2 Å². The normalized spacial score (nSPS) is 31.7. The third kappa shape index (κ3) is 5.42. The van der Waals surface area contributed by atoms with E-state index in [-0.39, 0.29) is 11.3 Å².